The van der Waals surface area contributed by atoms with Gasteiger partial charge in [-0.1, -0.05) is 87.6 Å². The fourth-order valence-corrected chi connectivity index (χ4v) is 7.68. The molecule has 436 valence electrons. The van der Waals surface area contributed by atoms with Crippen molar-refractivity contribution in [3.8, 4) is 45.9 Å². The first-order valence-corrected chi connectivity index (χ1v) is 24.8. The summed E-state index contributed by atoms with van der Waals surface area (Å²) in [4.78, 5) is 61.0. The van der Waals surface area contributed by atoms with E-state index in [9.17, 15) is 33.1 Å². The third kappa shape index (κ3) is 18.5. The maximum absolute atomic E-state index is 14.0. The average molecular weight is 1170 g/mol. The van der Waals surface area contributed by atoms with E-state index < -0.39 is 54.4 Å². The van der Waals surface area contributed by atoms with Crippen LogP contribution in [0.15, 0.2) is 154 Å². The summed E-state index contributed by atoms with van der Waals surface area (Å²) in [7, 11) is 0. The zero-order valence-corrected chi connectivity index (χ0v) is 47.0. The molecule has 0 bridgehead atoms. The molecule has 0 saturated carbocycles. The van der Waals surface area contributed by atoms with E-state index in [4.69, 9.17) is 32.5 Å². The van der Waals surface area contributed by atoms with Gasteiger partial charge in [0.15, 0.2) is 0 Å². The summed E-state index contributed by atoms with van der Waals surface area (Å²) in [6.45, 7) is 11.6. The molecule has 8 rings (SSSR count). The zero-order chi connectivity index (χ0) is 55.9. The van der Waals surface area contributed by atoms with Gasteiger partial charge >= 0.3 is 24.1 Å². The minimum Gasteiger partial charge on any atom is -0.487 e. The number of carbonyl (C=O) groups excluding carboxylic acids is 3. The van der Waals surface area contributed by atoms with Crippen LogP contribution in [-0.4, -0.2) is 68.7 Å². The van der Waals surface area contributed by atoms with E-state index in [1.165, 1.54) is 29.2 Å². The molecule has 16 nitrogen and oxygen atoms in total. The molecule has 82 heavy (non-hydrogen) atoms. The molecule has 0 fully saturated rings. The summed E-state index contributed by atoms with van der Waals surface area (Å²) in [5.41, 5.74) is 5.33. The highest BCUT2D eigenvalue weighted by Crippen LogP contribution is 2.29. The van der Waals surface area contributed by atoms with Crippen molar-refractivity contribution in [1.82, 2.24) is 19.8 Å². The molecule has 2 amide bonds. The SMILES string of the molecule is C.C.CCOC(=O)CN(C(=O)Oc1ccc(C)c(F)c1)[C@@H](C)c1ccc(OCc2nc(-c3ccccc3)oc2C)cc1.Cc1ccc(OC(=O)N(CC(=O)O)[C@@H](C)c2ccc(OCc3nc(-c4ccccc4)oc3C)cc2)cc1F.S.S. The van der Waals surface area contributed by atoms with Crippen molar-refractivity contribution in [2.75, 3.05) is 19.7 Å². The smallest absolute Gasteiger partial charge is 0.416 e. The van der Waals surface area contributed by atoms with Gasteiger partial charge in [0.25, 0.3) is 0 Å². The highest BCUT2D eigenvalue weighted by atomic mass is 32.1. The molecule has 0 aliphatic heterocycles. The number of oxazole rings is 2. The van der Waals surface area contributed by atoms with E-state index in [-0.39, 0.29) is 79.7 Å². The molecule has 0 aliphatic carbocycles. The number of aromatic nitrogens is 2. The first-order chi connectivity index (χ1) is 37.5. The molecule has 0 aliphatic rings. The van der Waals surface area contributed by atoms with Crippen LogP contribution in [0, 0.1) is 39.3 Å². The number of amides is 2. The average Bonchev–Trinajstić information content (AvgIpc) is 4.09. The maximum Gasteiger partial charge on any atom is 0.416 e. The monoisotopic (exact) mass is 1160 g/mol. The number of carboxylic acid groups (broad SMARTS) is 1. The summed E-state index contributed by atoms with van der Waals surface area (Å²) in [5.74, 6) is 0.745. The Balaban J connectivity index is 0.000000411. The lowest BCUT2D eigenvalue weighted by atomic mass is 10.1. The van der Waals surface area contributed by atoms with E-state index >= 15 is 0 Å². The van der Waals surface area contributed by atoms with Gasteiger partial charge in [-0.3, -0.25) is 19.4 Å². The van der Waals surface area contributed by atoms with Gasteiger partial charge in [-0.05, 0) is 131 Å². The van der Waals surface area contributed by atoms with Crippen molar-refractivity contribution < 1.29 is 65.6 Å². The number of benzene rings is 6. The van der Waals surface area contributed by atoms with Gasteiger partial charge in [0, 0.05) is 23.3 Å². The third-order valence-corrected chi connectivity index (χ3v) is 12.3. The van der Waals surface area contributed by atoms with E-state index in [2.05, 4.69) is 9.97 Å². The van der Waals surface area contributed by atoms with Crippen LogP contribution in [0.3, 0.4) is 0 Å². The largest absolute Gasteiger partial charge is 0.487 e. The van der Waals surface area contributed by atoms with Gasteiger partial charge < -0.3 is 37.6 Å². The van der Waals surface area contributed by atoms with Crippen LogP contribution < -0.4 is 18.9 Å². The number of aryl methyl sites for hydroxylation is 4. The van der Waals surface area contributed by atoms with E-state index in [0.29, 0.717) is 62.9 Å². The summed E-state index contributed by atoms with van der Waals surface area (Å²) >= 11 is 0. The van der Waals surface area contributed by atoms with E-state index in [1.807, 2.05) is 74.5 Å². The number of esters is 1. The lowest BCUT2D eigenvalue weighted by Crippen LogP contribution is -2.40. The van der Waals surface area contributed by atoms with Gasteiger partial charge in [-0.25, -0.2) is 28.3 Å². The normalized spacial score (nSPS) is 11.0. The Morgan fingerprint density at radius 3 is 1.27 bits per heavy atom. The molecule has 0 saturated heterocycles. The molecule has 20 heteroatoms. The molecular formula is C62H70F2N4O12S2. The quantitative estimate of drug-likeness (QED) is 0.0752. The molecule has 2 heterocycles. The Morgan fingerprint density at radius 2 is 0.915 bits per heavy atom. The number of nitrogens with zero attached hydrogens (tertiary/aromatic N) is 4. The number of halogens is 2. The lowest BCUT2D eigenvalue weighted by Gasteiger charge is -2.28. The molecule has 0 spiro atoms. The molecule has 2 atom stereocenters. The predicted octanol–water partition coefficient (Wildman–Crippen LogP) is 14.6. The fraction of sp³-hybridized carbons (Fsp3) is 0.258. The van der Waals surface area contributed by atoms with Crippen LogP contribution in [0.4, 0.5) is 18.4 Å². The highest BCUT2D eigenvalue weighted by Gasteiger charge is 2.28. The minimum atomic E-state index is -1.21. The number of carboxylic acids is 1. The third-order valence-electron chi connectivity index (χ3n) is 12.3. The Bertz CT molecular complexity index is 3330. The van der Waals surface area contributed by atoms with Crippen molar-refractivity contribution in [1.29, 1.82) is 0 Å². The van der Waals surface area contributed by atoms with Crippen LogP contribution in [0.2, 0.25) is 0 Å². The molecule has 0 radical (unpaired) electrons. The van der Waals surface area contributed by atoms with Crippen LogP contribution in [0.25, 0.3) is 22.9 Å². The van der Waals surface area contributed by atoms with Crippen molar-refractivity contribution in [2.45, 2.75) is 88.6 Å². The van der Waals surface area contributed by atoms with Crippen molar-refractivity contribution in [3.05, 3.63) is 202 Å². The number of rotatable bonds is 19. The van der Waals surface area contributed by atoms with Crippen molar-refractivity contribution in [2.24, 2.45) is 0 Å². The molecule has 1 N–H and O–H groups in total. The van der Waals surface area contributed by atoms with Gasteiger partial charge in [0.1, 0.15) is 83.8 Å². The van der Waals surface area contributed by atoms with Crippen LogP contribution in [-0.2, 0) is 27.5 Å². The second-order valence-corrected chi connectivity index (χ2v) is 17.9. The maximum atomic E-state index is 14.0. The standard InChI is InChI=1S/C31H31FN2O6.C29H27FN2O6.2CH4.2H2S/c1-5-37-29(35)18-34(31(36)40-26-14-11-20(2)27(32)17-26)21(3)23-12-15-25(16-13-23)38-19-28-22(4)39-30(33-28)24-9-7-6-8-10-24;1-18-9-12-24(15-25(18)30)38-29(35)32(16-27(33)34)19(2)21-10-13-23(14-11-21)36-17-26-20(3)37-28(31-26)22-7-5-4-6-8-22;;;;/h6-17,21H,5,18-19H2,1-4H3;4-15,19H,16-17H2,1-3H3,(H,33,34);2*1H4;2*1H2/t21-;19-;;;;/m00..../s1. The Hall–Kier alpha value is -8.62. The fourth-order valence-electron chi connectivity index (χ4n) is 7.68. The molecule has 6 aromatic carbocycles. The second kappa shape index (κ2) is 32.0. The van der Waals surface area contributed by atoms with Crippen LogP contribution >= 0.6 is 27.0 Å². The van der Waals surface area contributed by atoms with Crippen molar-refractivity contribution in [3.63, 3.8) is 0 Å². The van der Waals surface area contributed by atoms with E-state index in [1.54, 1.807) is 83.1 Å². The van der Waals surface area contributed by atoms with Gasteiger partial charge in [0.05, 0.1) is 18.7 Å². The molecular weight excluding hydrogens is 1090 g/mol. The van der Waals surface area contributed by atoms with Crippen LogP contribution in [0.5, 0.6) is 23.0 Å². The first-order valence-electron chi connectivity index (χ1n) is 24.8. The molecule has 8 aromatic rings. The first kappa shape index (κ1) is 67.7. The summed E-state index contributed by atoms with van der Waals surface area (Å²) in [6, 6.07) is 40.2. The molecule has 2 aromatic heterocycles. The number of hydrogen-bond donors (Lipinski definition) is 1. The summed E-state index contributed by atoms with van der Waals surface area (Å²) in [6.07, 6.45) is -1.71. The Labute approximate surface area is 490 Å². The van der Waals surface area contributed by atoms with Gasteiger partial charge in [0.2, 0.25) is 11.8 Å². The Kier molecular flexibility index (Phi) is 26.4. The van der Waals surface area contributed by atoms with E-state index in [0.717, 1.165) is 33.7 Å². The highest BCUT2D eigenvalue weighted by molar-refractivity contribution is 7.59. The van der Waals surface area contributed by atoms with Crippen LogP contribution in [0.1, 0.15) is 92.9 Å². The number of carbonyl (C=O) groups is 4. The Morgan fingerprint density at radius 1 is 0.549 bits per heavy atom. The minimum absolute atomic E-state index is 0. The van der Waals surface area contributed by atoms with Crippen molar-refractivity contribution >= 4 is 51.1 Å². The number of ether oxygens (including phenoxy) is 5. The lowest BCUT2D eigenvalue weighted by molar-refractivity contribution is -0.144. The number of aliphatic carboxylic acids is 1. The summed E-state index contributed by atoms with van der Waals surface area (Å²) in [5, 5.41) is 9.35. The van der Waals surface area contributed by atoms with Gasteiger partial charge in [-0.15, -0.1) is 0 Å². The zero-order valence-electron chi connectivity index (χ0n) is 45.0. The second-order valence-electron chi connectivity index (χ2n) is 17.9. The predicted molar refractivity (Wildman–Crippen MR) is 318 cm³/mol. The number of hydrogen-bond acceptors (Lipinski definition) is 13. The molecule has 0 unspecified atom stereocenters. The topological polar surface area (TPSA) is 193 Å². The summed E-state index contributed by atoms with van der Waals surface area (Å²) < 4.78 is 66.9. The van der Waals surface area contributed by atoms with Gasteiger partial charge in [-0.2, -0.15) is 27.0 Å².